The summed E-state index contributed by atoms with van der Waals surface area (Å²) in [7, 11) is 1.51. The lowest BCUT2D eigenvalue weighted by molar-refractivity contribution is -0.125. The van der Waals surface area contributed by atoms with E-state index in [2.05, 4.69) is 5.32 Å². The van der Waals surface area contributed by atoms with Gasteiger partial charge >= 0.3 is 0 Å². The molecule has 0 heterocycles. The molecule has 0 aromatic heterocycles. The second-order valence-electron chi connectivity index (χ2n) is 5.96. The summed E-state index contributed by atoms with van der Waals surface area (Å²) in [6.07, 6.45) is 0. The second kappa shape index (κ2) is 6.22. The summed E-state index contributed by atoms with van der Waals surface area (Å²) < 4.78 is 18.5. The fourth-order valence-corrected chi connectivity index (χ4v) is 1.82. The van der Waals surface area contributed by atoms with Crippen LogP contribution in [-0.2, 0) is 4.79 Å². The monoisotopic (exact) mass is 282 g/mol. The van der Waals surface area contributed by atoms with Crippen molar-refractivity contribution in [1.29, 1.82) is 0 Å². The highest BCUT2D eigenvalue weighted by atomic mass is 19.1. The van der Waals surface area contributed by atoms with Gasteiger partial charge < -0.3 is 15.8 Å². The molecule has 20 heavy (non-hydrogen) atoms. The fraction of sp³-hybridized carbons (Fsp3) is 0.533. The summed E-state index contributed by atoms with van der Waals surface area (Å²) in [6.45, 7) is 7.45. The molecule has 0 fully saturated rings. The minimum absolute atomic E-state index is 0.267. The molecule has 1 rings (SSSR count). The first-order valence-electron chi connectivity index (χ1n) is 6.56. The lowest BCUT2D eigenvalue weighted by Crippen LogP contribution is -2.49. The van der Waals surface area contributed by atoms with Crippen molar-refractivity contribution in [3.8, 4) is 5.75 Å². The number of hydrogen-bond acceptors (Lipinski definition) is 3. The Morgan fingerprint density at radius 1 is 1.40 bits per heavy atom. The second-order valence-corrected chi connectivity index (χ2v) is 5.96. The first-order valence-corrected chi connectivity index (χ1v) is 6.56. The highest BCUT2D eigenvalue weighted by Crippen LogP contribution is 2.26. The molecule has 0 aliphatic heterocycles. The number of nitrogens with two attached hydrogens (primary N) is 1. The van der Waals surface area contributed by atoms with Gasteiger partial charge in [-0.3, -0.25) is 4.79 Å². The van der Waals surface area contributed by atoms with Crippen LogP contribution in [0.2, 0.25) is 0 Å². The van der Waals surface area contributed by atoms with Gasteiger partial charge in [0, 0.05) is 5.56 Å². The van der Waals surface area contributed by atoms with E-state index in [0.29, 0.717) is 11.3 Å². The number of amides is 1. The molecule has 0 spiro atoms. The Morgan fingerprint density at radius 3 is 2.50 bits per heavy atom. The highest BCUT2D eigenvalue weighted by molar-refractivity contribution is 5.82. The number of rotatable bonds is 4. The molecular formula is C15H23FN2O2. The maximum absolute atomic E-state index is 13.3. The van der Waals surface area contributed by atoms with Gasteiger partial charge in [0.25, 0.3) is 0 Å². The van der Waals surface area contributed by atoms with Crippen molar-refractivity contribution in [3.63, 3.8) is 0 Å². The van der Waals surface area contributed by atoms with Crippen LogP contribution in [0.25, 0.3) is 0 Å². The van der Waals surface area contributed by atoms with E-state index < -0.39 is 6.04 Å². The lowest BCUT2D eigenvalue weighted by Gasteiger charge is -2.27. The molecule has 0 aliphatic carbocycles. The topological polar surface area (TPSA) is 64.3 Å². The molecule has 5 heteroatoms. The van der Waals surface area contributed by atoms with Gasteiger partial charge in [0.1, 0.15) is 11.6 Å². The molecule has 2 atom stereocenters. The molecule has 0 saturated carbocycles. The molecule has 4 nitrogen and oxygen atoms in total. The van der Waals surface area contributed by atoms with E-state index in [1.807, 2.05) is 20.8 Å². The van der Waals surface area contributed by atoms with Crippen LogP contribution >= 0.6 is 0 Å². The van der Waals surface area contributed by atoms with E-state index >= 15 is 0 Å². The number of hydrogen-bond donors (Lipinski definition) is 2. The zero-order valence-corrected chi connectivity index (χ0v) is 12.7. The van der Waals surface area contributed by atoms with Crippen LogP contribution in [0.4, 0.5) is 4.39 Å². The van der Waals surface area contributed by atoms with Gasteiger partial charge in [-0.15, -0.1) is 0 Å². The molecular weight excluding hydrogens is 259 g/mol. The van der Waals surface area contributed by atoms with E-state index in [1.54, 1.807) is 6.92 Å². The number of ether oxygens (including phenoxy) is 1. The first kappa shape index (κ1) is 16.4. The molecule has 0 radical (unpaired) electrons. The van der Waals surface area contributed by atoms with Gasteiger partial charge in [-0.25, -0.2) is 4.39 Å². The van der Waals surface area contributed by atoms with Crippen molar-refractivity contribution < 1.29 is 13.9 Å². The normalized spacial score (nSPS) is 14.6. The molecule has 1 aromatic rings. The number of methoxy groups -OCH3 is 1. The van der Waals surface area contributed by atoms with Crippen LogP contribution in [0, 0.1) is 11.2 Å². The summed E-state index contributed by atoms with van der Waals surface area (Å²) in [5, 5.41) is 2.79. The average Bonchev–Trinajstić information content (AvgIpc) is 2.36. The third-order valence-corrected chi connectivity index (χ3v) is 3.23. The Balaban J connectivity index is 2.89. The summed E-state index contributed by atoms with van der Waals surface area (Å²) in [5.41, 5.74) is 6.15. The Labute approximate surface area is 119 Å². The number of halogens is 1. The summed E-state index contributed by atoms with van der Waals surface area (Å²) >= 11 is 0. The van der Waals surface area contributed by atoms with E-state index in [-0.39, 0.29) is 23.2 Å². The van der Waals surface area contributed by atoms with Crippen LogP contribution in [0.15, 0.2) is 18.2 Å². The van der Waals surface area contributed by atoms with Gasteiger partial charge in [-0.05, 0) is 30.5 Å². The molecule has 1 unspecified atom stereocenters. The smallest absolute Gasteiger partial charge is 0.237 e. The predicted molar refractivity (Wildman–Crippen MR) is 76.9 cm³/mol. The summed E-state index contributed by atoms with van der Waals surface area (Å²) in [4.78, 5) is 12.1. The third-order valence-electron chi connectivity index (χ3n) is 3.23. The zero-order chi connectivity index (χ0) is 15.5. The van der Waals surface area contributed by atoms with Gasteiger partial charge in [0.2, 0.25) is 5.91 Å². The standard InChI is InChI=1S/C15H23FN2O2/c1-9(18-14(19)13(17)15(2,3)4)11-8-10(16)6-7-12(11)20-5/h6-9,13H,17H2,1-5H3,(H,18,19)/t9?,13-/m0/s1. The third kappa shape index (κ3) is 3.93. The summed E-state index contributed by atoms with van der Waals surface area (Å²) in [5.74, 6) is -0.109. The summed E-state index contributed by atoms with van der Waals surface area (Å²) in [6, 6.07) is 3.19. The molecule has 1 amide bonds. The zero-order valence-electron chi connectivity index (χ0n) is 12.7. The van der Waals surface area contributed by atoms with E-state index in [9.17, 15) is 9.18 Å². The maximum Gasteiger partial charge on any atom is 0.237 e. The van der Waals surface area contributed by atoms with Crippen LogP contribution in [0.5, 0.6) is 5.75 Å². The molecule has 0 saturated heterocycles. The van der Waals surface area contributed by atoms with Crippen molar-refractivity contribution in [1.82, 2.24) is 5.32 Å². The number of benzene rings is 1. The maximum atomic E-state index is 13.3. The number of nitrogens with one attached hydrogen (secondary N) is 1. The molecule has 112 valence electrons. The Hall–Kier alpha value is -1.62. The van der Waals surface area contributed by atoms with Crippen LogP contribution in [0.3, 0.4) is 0 Å². The minimum Gasteiger partial charge on any atom is -0.496 e. The Morgan fingerprint density at radius 2 is 2.00 bits per heavy atom. The Bertz CT molecular complexity index is 483. The van der Waals surface area contributed by atoms with E-state index in [1.165, 1.54) is 25.3 Å². The Kier molecular flexibility index (Phi) is 5.11. The fourth-order valence-electron chi connectivity index (χ4n) is 1.82. The van der Waals surface area contributed by atoms with E-state index in [4.69, 9.17) is 10.5 Å². The minimum atomic E-state index is -0.635. The largest absolute Gasteiger partial charge is 0.496 e. The molecule has 0 aliphatic rings. The van der Waals surface area contributed by atoms with Crippen LogP contribution < -0.4 is 15.8 Å². The van der Waals surface area contributed by atoms with Crippen molar-refractivity contribution in [3.05, 3.63) is 29.6 Å². The number of carbonyl (C=O) groups excluding carboxylic acids is 1. The predicted octanol–water partition coefficient (Wildman–Crippen LogP) is 2.38. The van der Waals surface area contributed by atoms with Gasteiger partial charge in [0.05, 0.1) is 19.2 Å². The first-order chi connectivity index (χ1) is 9.16. The molecule has 3 N–H and O–H groups in total. The van der Waals surface area contributed by atoms with Gasteiger partial charge in [-0.1, -0.05) is 20.8 Å². The average molecular weight is 282 g/mol. The quantitative estimate of drug-likeness (QED) is 0.891. The SMILES string of the molecule is COc1ccc(F)cc1C(C)NC(=O)[C@H](N)C(C)(C)C. The van der Waals surface area contributed by atoms with Crippen molar-refractivity contribution in [2.75, 3.05) is 7.11 Å². The van der Waals surface area contributed by atoms with E-state index in [0.717, 1.165) is 0 Å². The van der Waals surface area contributed by atoms with Crippen molar-refractivity contribution in [2.45, 2.75) is 39.8 Å². The highest BCUT2D eigenvalue weighted by Gasteiger charge is 2.28. The number of carbonyl (C=O) groups is 1. The lowest BCUT2D eigenvalue weighted by atomic mass is 9.86. The van der Waals surface area contributed by atoms with Crippen LogP contribution in [0.1, 0.15) is 39.3 Å². The molecule has 0 bridgehead atoms. The molecule has 1 aromatic carbocycles. The van der Waals surface area contributed by atoms with Gasteiger partial charge in [-0.2, -0.15) is 0 Å². The van der Waals surface area contributed by atoms with Gasteiger partial charge in [0.15, 0.2) is 0 Å². The van der Waals surface area contributed by atoms with Crippen molar-refractivity contribution in [2.24, 2.45) is 11.1 Å². The van der Waals surface area contributed by atoms with Crippen molar-refractivity contribution >= 4 is 5.91 Å². The van der Waals surface area contributed by atoms with Crippen LogP contribution in [-0.4, -0.2) is 19.1 Å².